The van der Waals surface area contributed by atoms with Gasteiger partial charge in [0.1, 0.15) is 5.82 Å². The fourth-order valence-corrected chi connectivity index (χ4v) is 4.02. The molecule has 3 heteroatoms. The summed E-state index contributed by atoms with van der Waals surface area (Å²) in [5.74, 6) is 9.38. The van der Waals surface area contributed by atoms with Crippen LogP contribution in [0.3, 0.4) is 0 Å². The summed E-state index contributed by atoms with van der Waals surface area (Å²) in [6.45, 7) is 9.92. The second kappa shape index (κ2) is 12.5. The maximum absolute atomic E-state index is 14.9. The SMILES string of the molecule is CC#Cc1cc(C(C)(C)C)c(C#Cc2ccc(/C(F)=C(\F)c3ccc(CCCCC)cc3)cc2)cc1F. The number of hydrogen-bond acceptors (Lipinski definition) is 0. The van der Waals surface area contributed by atoms with Gasteiger partial charge in [0.2, 0.25) is 0 Å². The van der Waals surface area contributed by atoms with Gasteiger partial charge in [0, 0.05) is 22.3 Å². The lowest BCUT2D eigenvalue weighted by Gasteiger charge is -2.21. The molecule has 0 atom stereocenters. The molecule has 0 aromatic heterocycles. The standard InChI is InChI=1S/C34H33F3/c1-6-8-9-11-24-12-17-26(18-13-24)32(36)33(37)27-19-14-25(15-20-27)16-21-28-23-31(35)29(10-7-2)22-30(28)34(3,4)5/h12-15,17-20,22-23H,6,8-9,11H2,1-5H3/b33-32+. The Kier molecular flexibility index (Phi) is 9.43. The topological polar surface area (TPSA) is 0 Å². The average Bonchev–Trinajstić information content (AvgIpc) is 2.88. The van der Waals surface area contributed by atoms with E-state index in [1.54, 1.807) is 37.3 Å². The molecule has 0 aliphatic heterocycles. The summed E-state index contributed by atoms with van der Waals surface area (Å²) in [6.07, 6.45) is 4.32. The van der Waals surface area contributed by atoms with Crippen molar-refractivity contribution < 1.29 is 13.2 Å². The van der Waals surface area contributed by atoms with Crippen molar-refractivity contribution in [2.24, 2.45) is 0 Å². The Balaban J connectivity index is 1.84. The van der Waals surface area contributed by atoms with Gasteiger partial charge in [-0.1, -0.05) is 94.7 Å². The highest BCUT2D eigenvalue weighted by atomic mass is 19.2. The number of hydrogen-bond donors (Lipinski definition) is 0. The molecule has 3 rings (SSSR count). The van der Waals surface area contributed by atoms with E-state index in [2.05, 4.69) is 30.6 Å². The Labute approximate surface area is 219 Å². The molecule has 37 heavy (non-hydrogen) atoms. The maximum atomic E-state index is 14.9. The van der Waals surface area contributed by atoms with E-state index in [1.807, 2.05) is 32.9 Å². The third kappa shape index (κ3) is 7.41. The Hall–Kier alpha value is -3.69. The maximum Gasteiger partial charge on any atom is 0.166 e. The molecule has 3 aromatic rings. The summed E-state index contributed by atoms with van der Waals surface area (Å²) in [7, 11) is 0. The second-order valence-electron chi connectivity index (χ2n) is 10.1. The Bertz CT molecular complexity index is 1380. The van der Waals surface area contributed by atoms with Crippen molar-refractivity contribution in [1.29, 1.82) is 0 Å². The first kappa shape index (κ1) is 27.9. The van der Waals surface area contributed by atoms with Crippen molar-refractivity contribution in [3.63, 3.8) is 0 Å². The number of aryl methyl sites for hydroxylation is 1. The fraction of sp³-hybridized carbons (Fsp3) is 0.294. The van der Waals surface area contributed by atoms with E-state index in [9.17, 15) is 13.2 Å². The van der Waals surface area contributed by atoms with Crippen LogP contribution in [0, 0.1) is 29.5 Å². The molecule has 0 amide bonds. The molecule has 0 aliphatic carbocycles. The van der Waals surface area contributed by atoms with Crippen molar-refractivity contribution in [1.82, 2.24) is 0 Å². The summed E-state index contributed by atoms with van der Waals surface area (Å²) in [4.78, 5) is 0. The normalized spacial score (nSPS) is 11.7. The van der Waals surface area contributed by atoms with Crippen LogP contribution in [0.1, 0.15) is 92.8 Å². The van der Waals surface area contributed by atoms with E-state index in [0.29, 0.717) is 16.7 Å². The molecule has 0 nitrogen and oxygen atoms in total. The van der Waals surface area contributed by atoms with Gasteiger partial charge in [-0.15, -0.1) is 5.92 Å². The van der Waals surface area contributed by atoms with E-state index in [4.69, 9.17) is 0 Å². The minimum absolute atomic E-state index is 0.138. The molecule has 0 radical (unpaired) electrons. The second-order valence-corrected chi connectivity index (χ2v) is 10.1. The molecule has 3 aromatic carbocycles. The quantitative estimate of drug-likeness (QED) is 0.180. The molecule has 0 fully saturated rings. The molecule has 0 aliphatic rings. The average molecular weight is 499 g/mol. The minimum atomic E-state index is -0.914. The third-order valence-corrected chi connectivity index (χ3v) is 6.12. The summed E-state index contributed by atoms with van der Waals surface area (Å²) in [5.41, 5.74) is 3.64. The van der Waals surface area contributed by atoms with Gasteiger partial charge >= 0.3 is 0 Å². The van der Waals surface area contributed by atoms with Crippen molar-refractivity contribution in [3.8, 4) is 23.7 Å². The van der Waals surface area contributed by atoms with Gasteiger partial charge in [-0.3, -0.25) is 0 Å². The summed E-state index contributed by atoms with van der Waals surface area (Å²) in [5, 5.41) is 0. The highest BCUT2D eigenvalue weighted by molar-refractivity contribution is 5.83. The Morgan fingerprint density at radius 1 is 0.757 bits per heavy atom. The van der Waals surface area contributed by atoms with Crippen LogP contribution in [0.2, 0.25) is 0 Å². The summed E-state index contributed by atoms with van der Waals surface area (Å²) < 4.78 is 44.3. The fourth-order valence-electron chi connectivity index (χ4n) is 4.02. The zero-order chi connectivity index (χ0) is 27.0. The molecule has 0 heterocycles. The molecule has 0 N–H and O–H groups in total. The van der Waals surface area contributed by atoms with Gasteiger partial charge < -0.3 is 0 Å². The van der Waals surface area contributed by atoms with Crippen molar-refractivity contribution in [3.05, 3.63) is 105 Å². The molecular weight excluding hydrogens is 465 g/mol. The Morgan fingerprint density at radius 3 is 1.89 bits per heavy atom. The van der Waals surface area contributed by atoms with Crippen LogP contribution in [0.5, 0.6) is 0 Å². The lowest BCUT2D eigenvalue weighted by atomic mass is 9.82. The van der Waals surface area contributed by atoms with E-state index in [0.717, 1.165) is 36.8 Å². The number of benzene rings is 3. The van der Waals surface area contributed by atoms with E-state index >= 15 is 0 Å². The molecule has 190 valence electrons. The first-order valence-electron chi connectivity index (χ1n) is 12.7. The zero-order valence-electron chi connectivity index (χ0n) is 22.2. The monoisotopic (exact) mass is 498 g/mol. The molecule has 0 spiro atoms. The van der Waals surface area contributed by atoms with Crippen LogP contribution in [-0.2, 0) is 11.8 Å². The van der Waals surface area contributed by atoms with Gasteiger partial charge in [-0.2, -0.15) is 0 Å². The van der Waals surface area contributed by atoms with Crippen LogP contribution < -0.4 is 0 Å². The predicted octanol–water partition coefficient (Wildman–Crippen LogP) is 9.39. The molecule has 0 unspecified atom stereocenters. The summed E-state index contributed by atoms with van der Waals surface area (Å²) in [6, 6.07) is 16.4. The van der Waals surface area contributed by atoms with Gasteiger partial charge in [0.05, 0.1) is 5.56 Å². The van der Waals surface area contributed by atoms with Crippen molar-refractivity contribution in [2.75, 3.05) is 0 Å². The molecule has 0 bridgehead atoms. The van der Waals surface area contributed by atoms with Gasteiger partial charge in [-0.25, -0.2) is 13.2 Å². The molecule has 0 saturated carbocycles. The van der Waals surface area contributed by atoms with Gasteiger partial charge in [0.25, 0.3) is 0 Å². The van der Waals surface area contributed by atoms with Crippen LogP contribution in [0.4, 0.5) is 13.2 Å². The van der Waals surface area contributed by atoms with Crippen molar-refractivity contribution >= 4 is 11.7 Å². The number of rotatable bonds is 6. The van der Waals surface area contributed by atoms with Gasteiger partial charge in [0.15, 0.2) is 11.7 Å². The van der Waals surface area contributed by atoms with Crippen LogP contribution in [-0.4, -0.2) is 0 Å². The lowest BCUT2D eigenvalue weighted by molar-refractivity contribution is 0.580. The van der Waals surface area contributed by atoms with E-state index < -0.39 is 17.5 Å². The van der Waals surface area contributed by atoms with E-state index in [1.165, 1.54) is 18.2 Å². The smallest absolute Gasteiger partial charge is 0.166 e. The van der Waals surface area contributed by atoms with Crippen molar-refractivity contribution in [2.45, 2.75) is 65.7 Å². The van der Waals surface area contributed by atoms with Crippen LogP contribution in [0.15, 0.2) is 60.7 Å². The van der Waals surface area contributed by atoms with Crippen LogP contribution >= 0.6 is 0 Å². The predicted molar refractivity (Wildman–Crippen MR) is 149 cm³/mol. The lowest BCUT2D eigenvalue weighted by Crippen LogP contribution is -2.14. The number of halogens is 3. The molecule has 0 saturated heterocycles. The first-order chi connectivity index (χ1) is 17.6. The highest BCUT2D eigenvalue weighted by Crippen LogP contribution is 2.30. The largest absolute Gasteiger partial charge is 0.206 e. The number of unbranched alkanes of at least 4 members (excludes halogenated alkanes) is 2. The van der Waals surface area contributed by atoms with Crippen LogP contribution in [0.25, 0.3) is 11.7 Å². The van der Waals surface area contributed by atoms with Gasteiger partial charge in [-0.05, 0) is 60.6 Å². The first-order valence-corrected chi connectivity index (χ1v) is 12.7. The van der Waals surface area contributed by atoms with E-state index in [-0.39, 0.29) is 16.5 Å². The molecular formula is C34H33F3. The highest BCUT2D eigenvalue weighted by Gasteiger charge is 2.19. The minimum Gasteiger partial charge on any atom is -0.206 e. The summed E-state index contributed by atoms with van der Waals surface area (Å²) >= 11 is 0. The zero-order valence-corrected chi connectivity index (χ0v) is 22.2. The Morgan fingerprint density at radius 2 is 1.35 bits per heavy atom. The third-order valence-electron chi connectivity index (χ3n) is 6.12.